The number of carboxylic acid groups (broad SMARTS) is 1. The number of aromatic nitrogens is 2. The van der Waals surface area contributed by atoms with Crippen molar-refractivity contribution in [3.63, 3.8) is 0 Å². The molecule has 0 radical (unpaired) electrons. The molecule has 0 saturated heterocycles. The van der Waals surface area contributed by atoms with E-state index in [2.05, 4.69) is 23.2 Å². The van der Waals surface area contributed by atoms with Crippen molar-refractivity contribution in [1.29, 1.82) is 0 Å². The lowest BCUT2D eigenvalue weighted by atomic mass is 10.0. The van der Waals surface area contributed by atoms with Crippen molar-refractivity contribution in [2.45, 2.75) is 13.8 Å². The number of carboxylic acids is 1. The summed E-state index contributed by atoms with van der Waals surface area (Å²) in [5.74, 6) is -0.997. The van der Waals surface area contributed by atoms with Crippen LogP contribution < -0.4 is 0 Å². The first kappa shape index (κ1) is 11.9. The van der Waals surface area contributed by atoms with Gasteiger partial charge >= 0.3 is 5.97 Å². The highest BCUT2D eigenvalue weighted by atomic mass is 32.1. The first-order chi connectivity index (χ1) is 9.06. The molecule has 0 atom stereocenters. The molecule has 2 aromatic heterocycles. The topological polar surface area (TPSA) is 54.6 Å². The van der Waals surface area contributed by atoms with Crippen LogP contribution in [0.5, 0.6) is 0 Å². The normalized spacial score (nSPS) is 11.1. The fourth-order valence-electron chi connectivity index (χ4n) is 2.09. The van der Waals surface area contributed by atoms with E-state index >= 15 is 0 Å². The molecule has 0 amide bonds. The minimum Gasteiger partial charge on any atom is -0.476 e. The Bertz CT molecular complexity index is 786. The van der Waals surface area contributed by atoms with Gasteiger partial charge in [0.15, 0.2) is 10.7 Å². The van der Waals surface area contributed by atoms with Gasteiger partial charge in [0.05, 0.1) is 5.69 Å². The van der Waals surface area contributed by atoms with Gasteiger partial charge in [-0.15, -0.1) is 11.3 Å². The average molecular weight is 272 g/mol. The minimum atomic E-state index is -0.997. The molecule has 0 unspecified atom stereocenters. The van der Waals surface area contributed by atoms with Crippen LogP contribution >= 0.6 is 11.3 Å². The van der Waals surface area contributed by atoms with Crippen molar-refractivity contribution in [1.82, 2.24) is 9.38 Å². The molecular weight excluding hydrogens is 260 g/mol. The van der Waals surface area contributed by atoms with Crippen LogP contribution in [0.3, 0.4) is 0 Å². The van der Waals surface area contributed by atoms with Crippen LogP contribution in [0.4, 0.5) is 0 Å². The molecule has 3 aromatic rings. The maximum absolute atomic E-state index is 11.0. The van der Waals surface area contributed by atoms with Gasteiger partial charge in [0.2, 0.25) is 0 Å². The van der Waals surface area contributed by atoms with Gasteiger partial charge in [-0.05, 0) is 25.5 Å². The van der Waals surface area contributed by atoms with Gasteiger partial charge < -0.3 is 5.11 Å². The second-order valence-corrected chi connectivity index (χ2v) is 5.36. The van der Waals surface area contributed by atoms with E-state index in [1.807, 2.05) is 23.6 Å². The van der Waals surface area contributed by atoms with E-state index in [-0.39, 0.29) is 5.69 Å². The van der Waals surface area contributed by atoms with E-state index in [0.29, 0.717) is 4.96 Å². The van der Waals surface area contributed by atoms with E-state index < -0.39 is 5.97 Å². The predicted octanol–water partition coefficient (Wildman–Crippen LogP) is 3.38. The summed E-state index contributed by atoms with van der Waals surface area (Å²) in [6.45, 7) is 4.09. The quantitative estimate of drug-likeness (QED) is 0.778. The van der Waals surface area contributed by atoms with Crippen LogP contribution in [0.25, 0.3) is 16.2 Å². The van der Waals surface area contributed by atoms with Crippen molar-refractivity contribution < 1.29 is 9.90 Å². The third kappa shape index (κ3) is 1.92. The van der Waals surface area contributed by atoms with Crippen LogP contribution in [0.15, 0.2) is 29.8 Å². The number of benzene rings is 1. The van der Waals surface area contributed by atoms with Crippen LogP contribution in [-0.2, 0) is 0 Å². The van der Waals surface area contributed by atoms with Crippen molar-refractivity contribution in [3.05, 3.63) is 46.6 Å². The molecule has 0 saturated carbocycles. The van der Waals surface area contributed by atoms with Gasteiger partial charge in [-0.25, -0.2) is 9.78 Å². The number of nitrogens with zero attached hydrogens (tertiary/aromatic N) is 2. The zero-order chi connectivity index (χ0) is 13.6. The summed E-state index contributed by atoms with van der Waals surface area (Å²) in [4.78, 5) is 15.8. The van der Waals surface area contributed by atoms with Crippen LogP contribution in [-0.4, -0.2) is 20.5 Å². The largest absolute Gasteiger partial charge is 0.476 e. The molecular formula is C14H12N2O2S. The first-order valence-electron chi connectivity index (χ1n) is 5.84. The first-order valence-corrected chi connectivity index (χ1v) is 6.72. The van der Waals surface area contributed by atoms with Gasteiger partial charge in [0.1, 0.15) is 0 Å². The van der Waals surface area contributed by atoms with E-state index in [1.54, 1.807) is 6.20 Å². The number of rotatable bonds is 2. The highest BCUT2D eigenvalue weighted by Gasteiger charge is 2.14. The van der Waals surface area contributed by atoms with Gasteiger partial charge in [0.25, 0.3) is 0 Å². The number of imidazole rings is 1. The summed E-state index contributed by atoms with van der Waals surface area (Å²) < 4.78 is 1.84. The van der Waals surface area contributed by atoms with Crippen molar-refractivity contribution >= 4 is 22.3 Å². The van der Waals surface area contributed by atoms with Crippen LogP contribution in [0.2, 0.25) is 0 Å². The number of aryl methyl sites for hydroxylation is 2. The molecule has 0 bridgehead atoms. The lowest BCUT2D eigenvalue weighted by Crippen LogP contribution is -1.95. The average Bonchev–Trinajstić information content (AvgIpc) is 2.92. The maximum atomic E-state index is 11.0. The number of hydrogen-bond donors (Lipinski definition) is 1. The molecule has 0 fully saturated rings. The summed E-state index contributed by atoms with van der Waals surface area (Å²) >= 11 is 1.45. The standard InChI is InChI=1S/C14H12N2O2S/c1-8-3-4-9(2)10(5-8)12-7-19-14-15-11(13(17)18)6-16(12)14/h3-7H,1-2H3,(H,17,18). The highest BCUT2D eigenvalue weighted by Crippen LogP contribution is 2.29. The fourth-order valence-corrected chi connectivity index (χ4v) is 2.97. The second-order valence-electron chi connectivity index (χ2n) is 4.52. The summed E-state index contributed by atoms with van der Waals surface area (Å²) in [6.07, 6.45) is 1.57. The Labute approximate surface area is 114 Å². The van der Waals surface area contributed by atoms with E-state index in [9.17, 15) is 4.79 Å². The Hall–Kier alpha value is -2.14. The smallest absolute Gasteiger partial charge is 0.356 e. The predicted molar refractivity (Wildman–Crippen MR) is 74.9 cm³/mol. The molecule has 0 aliphatic carbocycles. The molecule has 3 rings (SSSR count). The number of thiazole rings is 1. The Morgan fingerprint density at radius 2 is 2.16 bits per heavy atom. The SMILES string of the molecule is Cc1ccc(C)c(-c2csc3nc(C(=O)O)cn23)c1. The molecule has 5 heteroatoms. The van der Waals surface area contributed by atoms with E-state index in [4.69, 9.17) is 5.11 Å². The Balaban J connectivity index is 2.24. The summed E-state index contributed by atoms with van der Waals surface area (Å²) in [6, 6.07) is 6.25. The summed E-state index contributed by atoms with van der Waals surface area (Å²) in [5, 5.41) is 11.0. The Kier molecular flexibility index (Phi) is 2.64. The van der Waals surface area contributed by atoms with Crippen LogP contribution in [0.1, 0.15) is 21.6 Å². The van der Waals surface area contributed by atoms with Crippen molar-refractivity contribution in [2.75, 3.05) is 0 Å². The molecule has 1 N–H and O–H groups in total. The zero-order valence-corrected chi connectivity index (χ0v) is 11.4. The number of fused-ring (bicyclic) bond motifs is 1. The van der Waals surface area contributed by atoms with Gasteiger partial charge in [-0.1, -0.05) is 17.7 Å². The molecule has 1 aromatic carbocycles. The van der Waals surface area contributed by atoms with Gasteiger partial charge in [0, 0.05) is 17.1 Å². The van der Waals surface area contributed by atoms with E-state index in [0.717, 1.165) is 16.8 Å². The third-order valence-electron chi connectivity index (χ3n) is 3.10. The number of aromatic carboxylic acids is 1. The molecule has 19 heavy (non-hydrogen) atoms. The molecule has 0 spiro atoms. The fraction of sp³-hybridized carbons (Fsp3) is 0.143. The second kappa shape index (κ2) is 4.20. The van der Waals surface area contributed by atoms with Crippen molar-refractivity contribution in [3.8, 4) is 11.3 Å². The third-order valence-corrected chi connectivity index (χ3v) is 3.94. The van der Waals surface area contributed by atoms with Gasteiger partial charge in [-0.3, -0.25) is 4.40 Å². The summed E-state index contributed by atoms with van der Waals surface area (Å²) in [7, 11) is 0. The van der Waals surface area contributed by atoms with Crippen LogP contribution in [0, 0.1) is 13.8 Å². The lowest BCUT2D eigenvalue weighted by Gasteiger charge is -2.05. The van der Waals surface area contributed by atoms with Gasteiger partial charge in [-0.2, -0.15) is 0 Å². The molecule has 96 valence electrons. The Morgan fingerprint density at radius 1 is 1.37 bits per heavy atom. The minimum absolute atomic E-state index is 0.0819. The number of hydrogen-bond acceptors (Lipinski definition) is 3. The number of carbonyl (C=O) groups is 1. The Morgan fingerprint density at radius 3 is 2.89 bits per heavy atom. The summed E-state index contributed by atoms with van der Waals surface area (Å²) in [5.41, 5.74) is 4.52. The molecule has 4 nitrogen and oxygen atoms in total. The highest BCUT2D eigenvalue weighted by molar-refractivity contribution is 7.15. The zero-order valence-electron chi connectivity index (χ0n) is 10.5. The molecule has 0 aliphatic heterocycles. The lowest BCUT2D eigenvalue weighted by molar-refractivity contribution is 0.0691. The monoisotopic (exact) mass is 272 g/mol. The van der Waals surface area contributed by atoms with E-state index in [1.165, 1.54) is 16.9 Å². The maximum Gasteiger partial charge on any atom is 0.356 e. The molecule has 0 aliphatic rings. The van der Waals surface area contributed by atoms with Crippen molar-refractivity contribution in [2.24, 2.45) is 0 Å². The molecule has 2 heterocycles.